The van der Waals surface area contributed by atoms with Crippen molar-refractivity contribution in [3.05, 3.63) is 51.2 Å². The molecule has 0 aliphatic heterocycles. The number of nitrogens with zero attached hydrogens (tertiary/aromatic N) is 1. The van der Waals surface area contributed by atoms with E-state index in [0.29, 0.717) is 0 Å². The van der Waals surface area contributed by atoms with Crippen molar-refractivity contribution in [1.29, 1.82) is 0 Å². The number of benzene rings is 1. The molecule has 0 saturated heterocycles. The standard InChI is InChI=1S/C15H17FN2O4/c1-8-5-11(10(3)22-8)9(2)17-13-7-15(21-4)12(16)6-14(13)18(19)20/h5-7,9,17H,1-4H3. The number of nitro groups is 1. The smallest absolute Gasteiger partial charge is 0.295 e. The summed E-state index contributed by atoms with van der Waals surface area (Å²) in [6.07, 6.45) is 0. The highest BCUT2D eigenvalue weighted by molar-refractivity contribution is 5.65. The Kier molecular flexibility index (Phi) is 4.35. The van der Waals surface area contributed by atoms with Gasteiger partial charge in [-0.3, -0.25) is 10.1 Å². The second kappa shape index (κ2) is 6.05. The van der Waals surface area contributed by atoms with Gasteiger partial charge in [0, 0.05) is 11.6 Å². The van der Waals surface area contributed by atoms with Gasteiger partial charge in [0.15, 0.2) is 11.6 Å². The van der Waals surface area contributed by atoms with E-state index in [1.54, 1.807) is 0 Å². The van der Waals surface area contributed by atoms with Crippen LogP contribution in [0.4, 0.5) is 15.8 Å². The van der Waals surface area contributed by atoms with Crippen LogP contribution in [0, 0.1) is 29.8 Å². The van der Waals surface area contributed by atoms with Crippen molar-refractivity contribution in [2.45, 2.75) is 26.8 Å². The summed E-state index contributed by atoms with van der Waals surface area (Å²) in [5.41, 5.74) is 0.729. The largest absolute Gasteiger partial charge is 0.494 e. The number of nitro benzene ring substituents is 1. The molecular weight excluding hydrogens is 291 g/mol. The minimum absolute atomic E-state index is 0.0552. The van der Waals surface area contributed by atoms with E-state index in [9.17, 15) is 14.5 Å². The average Bonchev–Trinajstić information content (AvgIpc) is 2.79. The molecule has 1 heterocycles. The van der Waals surface area contributed by atoms with Gasteiger partial charge in [0.1, 0.15) is 17.2 Å². The van der Waals surface area contributed by atoms with Crippen LogP contribution in [0.3, 0.4) is 0 Å². The third kappa shape index (κ3) is 3.03. The average molecular weight is 308 g/mol. The summed E-state index contributed by atoms with van der Waals surface area (Å²) in [5, 5.41) is 14.1. The van der Waals surface area contributed by atoms with E-state index in [4.69, 9.17) is 9.15 Å². The fourth-order valence-corrected chi connectivity index (χ4v) is 2.36. The molecule has 0 saturated carbocycles. The summed E-state index contributed by atoms with van der Waals surface area (Å²) in [4.78, 5) is 10.5. The summed E-state index contributed by atoms with van der Waals surface area (Å²) >= 11 is 0. The summed E-state index contributed by atoms with van der Waals surface area (Å²) in [6, 6.07) is 3.75. The first kappa shape index (κ1) is 15.8. The van der Waals surface area contributed by atoms with Crippen molar-refractivity contribution in [2.24, 2.45) is 0 Å². The van der Waals surface area contributed by atoms with Crippen molar-refractivity contribution in [3.63, 3.8) is 0 Å². The molecule has 1 atom stereocenters. The van der Waals surface area contributed by atoms with Gasteiger partial charge in [-0.2, -0.15) is 0 Å². The van der Waals surface area contributed by atoms with Gasteiger partial charge in [-0.05, 0) is 26.8 Å². The lowest BCUT2D eigenvalue weighted by molar-refractivity contribution is -0.384. The van der Waals surface area contributed by atoms with Crippen molar-refractivity contribution >= 4 is 11.4 Å². The third-order valence-corrected chi connectivity index (χ3v) is 3.38. The molecule has 22 heavy (non-hydrogen) atoms. The Labute approximate surface area is 127 Å². The van der Waals surface area contributed by atoms with E-state index in [-0.39, 0.29) is 23.2 Å². The number of anilines is 1. The quantitative estimate of drug-likeness (QED) is 0.664. The van der Waals surface area contributed by atoms with Crippen LogP contribution in [0.15, 0.2) is 22.6 Å². The molecule has 2 aromatic rings. The highest BCUT2D eigenvalue weighted by atomic mass is 19.1. The lowest BCUT2D eigenvalue weighted by atomic mass is 10.1. The topological polar surface area (TPSA) is 77.5 Å². The molecule has 2 rings (SSSR count). The Balaban J connectivity index is 2.39. The zero-order valence-corrected chi connectivity index (χ0v) is 12.8. The van der Waals surface area contributed by atoms with Crippen LogP contribution in [0.5, 0.6) is 5.75 Å². The molecule has 118 valence electrons. The van der Waals surface area contributed by atoms with Crippen molar-refractivity contribution in [1.82, 2.24) is 0 Å². The molecule has 1 aromatic heterocycles. The van der Waals surface area contributed by atoms with E-state index in [0.717, 1.165) is 23.2 Å². The summed E-state index contributed by atoms with van der Waals surface area (Å²) < 4.78 is 24.0. The molecule has 0 spiro atoms. The van der Waals surface area contributed by atoms with Crippen molar-refractivity contribution in [2.75, 3.05) is 12.4 Å². The number of hydrogen-bond donors (Lipinski definition) is 1. The van der Waals surface area contributed by atoms with Gasteiger partial charge >= 0.3 is 0 Å². The van der Waals surface area contributed by atoms with Gasteiger partial charge in [0.05, 0.1) is 24.1 Å². The molecule has 0 aliphatic rings. The van der Waals surface area contributed by atoms with Crippen molar-refractivity contribution < 1.29 is 18.5 Å². The first-order valence-electron chi connectivity index (χ1n) is 6.69. The van der Waals surface area contributed by atoms with E-state index in [1.807, 2.05) is 26.8 Å². The monoisotopic (exact) mass is 308 g/mol. The SMILES string of the molecule is COc1cc(NC(C)c2cc(C)oc2C)c([N+](=O)[O-])cc1F. The van der Waals surface area contributed by atoms with Gasteiger partial charge < -0.3 is 14.5 Å². The van der Waals surface area contributed by atoms with Gasteiger partial charge in [-0.1, -0.05) is 0 Å². The van der Waals surface area contributed by atoms with Crippen LogP contribution in [-0.2, 0) is 0 Å². The molecule has 0 radical (unpaired) electrons. The van der Waals surface area contributed by atoms with Gasteiger partial charge in [-0.15, -0.1) is 0 Å². The lowest BCUT2D eigenvalue weighted by Crippen LogP contribution is -2.09. The molecular formula is C15H17FN2O4. The summed E-state index contributed by atoms with van der Waals surface area (Å²) in [6.45, 7) is 5.49. The number of ether oxygens (including phenoxy) is 1. The predicted octanol–water partition coefficient (Wildman–Crippen LogP) is 4.13. The van der Waals surface area contributed by atoms with Gasteiger partial charge in [-0.25, -0.2) is 4.39 Å². The number of hydrogen-bond acceptors (Lipinski definition) is 5. The van der Waals surface area contributed by atoms with E-state index in [1.165, 1.54) is 13.2 Å². The predicted molar refractivity (Wildman–Crippen MR) is 79.8 cm³/mol. The molecule has 0 amide bonds. The van der Waals surface area contributed by atoms with Crippen LogP contribution < -0.4 is 10.1 Å². The third-order valence-electron chi connectivity index (χ3n) is 3.38. The molecule has 1 aromatic carbocycles. The van der Waals surface area contributed by atoms with Crippen molar-refractivity contribution in [3.8, 4) is 5.75 Å². The summed E-state index contributed by atoms with van der Waals surface area (Å²) in [5.74, 6) is 0.657. The maximum atomic E-state index is 13.6. The zero-order chi connectivity index (χ0) is 16.4. The zero-order valence-electron chi connectivity index (χ0n) is 12.8. The normalized spacial score (nSPS) is 12.0. The second-order valence-corrected chi connectivity index (χ2v) is 5.00. The van der Waals surface area contributed by atoms with Crippen LogP contribution in [0.25, 0.3) is 0 Å². The van der Waals surface area contributed by atoms with E-state index in [2.05, 4.69) is 5.32 Å². The van der Waals surface area contributed by atoms with Crippen LogP contribution in [0.2, 0.25) is 0 Å². The molecule has 1 unspecified atom stereocenters. The molecule has 6 nitrogen and oxygen atoms in total. The van der Waals surface area contributed by atoms with Crippen LogP contribution in [0.1, 0.15) is 30.0 Å². The molecule has 0 fully saturated rings. The van der Waals surface area contributed by atoms with E-state index >= 15 is 0 Å². The van der Waals surface area contributed by atoms with Crippen LogP contribution in [-0.4, -0.2) is 12.0 Å². The minimum atomic E-state index is -0.775. The molecule has 7 heteroatoms. The minimum Gasteiger partial charge on any atom is -0.494 e. The number of aryl methyl sites for hydroxylation is 2. The van der Waals surface area contributed by atoms with E-state index < -0.39 is 10.7 Å². The highest BCUT2D eigenvalue weighted by Gasteiger charge is 2.22. The fourth-order valence-electron chi connectivity index (χ4n) is 2.36. The van der Waals surface area contributed by atoms with Gasteiger partial charge in [0.25, 0.3) is 5.69 Å². The number of nitrogens with one attached hydrogen (secondary N) is 1. The number of methoxy groups -OCH3 is 1. The Morgan fingerprint density at radius 3 is 2.55 bits per heavy atom. The molecule has 0 bridgehead atoms. The Morgan fingerprint density at radius 1 is 1.36 bits per heavy atom. The number of rotatable bonds is 5. The Bertz CT molecular complexity index is 712. The first-order chi connectivity index (χ1) is 10.3. The molecule has 1 N–H and O–H groups in total. The first-order valence-corrected chi connectivity index (χ1v) is 6.69. The maximum absolute atomic E-state index is 13.6. The highest BCUT2D eigenvalue weighted by Crippen LogP contribution is 2.34. The molecule has 0 aliphatic carbocycles. The Morgan fingerprint density at radius 2 is 2.05 bits per heavy atom. The fraction of sp³-hybridized carbons (Fsp3) is 0.333. The number of furan rings is 1. The van der Waals surface area contributed by atoms with Gasteiger partial charge in [0.2, 0.25) is 0 Å². The maximum Gasteiger partial charge on any atom is 0.295 e. The number of halogens is 1. The summed E-state index contributed by atoms with van der Waals surface area (Å²) in [7, 11) is 1.31. The Hall–Kier alpha value is -2.57. The second-order valence-electron chi connectivity index (χ2n) is 5.00. The lowest BCUT2D eigenvalue weighted by Gasteiger charge is -2.15. The van der Waals surface area contributed by atoms with Crippen LogP contribution >= 0.6 is 0 Å².